The van der Waals surface area contributed by atoms with Gasteiger partial charge in [0.1, 0.15) is 0 Å². The Kier molecular flexibility index (Phi) is 6.37. The summed E-state index contributed by atoms with van der Waals surface area (Å²) in [5.74, 6) is 0.459. The normalized spacial score (nSPS) is 12.0. The number of benzene rings is 2. The Morgan fingerprint density at radius 2 is 1.96 bits per heavy atom. The average Bonchev–Trinajstić information content (AvgIpc) is 2.49. The van der Waals surface area contributed by atoms with E-state index in [1.807, 2.05) is 49.4 Å². The molecule has 0 radical (unpaired) electrons. The summed E-state index contributed by atoms with van der Waals surface area (Å²) in [6.45, 7) is 1.94. The number of halogens is 1. The van der Waals surface area contributed by atoms with Crippen LogP contribution in [-0.2, 0) is 27.8 Å². The summed E-state index contributed by atoms with van der Waals surface area (Å²) in [6.07, 6.45) is 2.71. The lowest BCUT2D eigenvalue weighted by Gasteiger charge is -2.12. The minimum absolute atomic E-state index is 0.0390. The summed E-state index contributed by atoms with van der Waals surface area (Å²) in [6, 6.07) is 13.2. The van der Waals surface area contributed by atoms with Gasteiger partial charge in [0.25, 0.3) is 0 Å². The van der Waals surface area contributed by atoms with Gasteiger partial charge in [0.15, 0.2) is 0 Å². The van der Waals surface area contributed by atoms with Gasteiger partial charge in [-0.15, -0.1) is 0 Å². The SMILES string of the molecule is Cc1c(CS(C)=O)cccc1NC(=O)CCc1cccc(Cl)c1. The lowest BCUT2D eigenvalue weighted by Crippen LogP contribution is -2.14. The van der Waals surface area contributed by atoms with Crippen LogP contribution in [-0.4, -0.2) is 16.4 Å². The number of carbonyl (C=O) groups excluding carboxylic acids is 1. The van der Waals surface area contributed by atoms with Crippen LogP contribution in [0.25, 0.3) is 0 Å². The average molecular weight is 350 g/mol. The molecule has 0 aliphatic carbocycles. The second-order valence-electron chi connectivity index (χ2n) is 5.49. The van der Waals surface area contributed by atoms with Crippen molar-refractivity contribution in [2.45, 2.75) is 25.5 Å². The van der Waals surface area contributed by atoms with Gasteiger partial charge in [-0.05, 0) is 48.2 Å². The van der Waals surface area contributed by atoms with E-state index in [1.54, 1.807) is 6.26 Å². The van der Waals surface area contributed by atoms with E-state index < -0.39 is 10.8 Å². The van der Waals surface area contributed by atoms with E-state index in [0.29, 0.717) is 23.6 Å². The number of hydrogen-bond acceptors (Lipinski definition) is 2. The Hall–Kier alpha value is -1.65. The van der Waals surface area contributed by atoms with Crippen LogP contribution in [0.15, 0.2) is 42.5 Å². The van der Waals surface area contributed by atoms with Crippen molar-refractivity contribution in [2.75, 3.05) is 11.6 Å². The molecule has 5 heteroatoms. The standard InChI is InChI=1S/C18H20ClNO2S/c1-13-15(12-23(2)22)6-4-8-17(13)20-18(21)10-9-14-5-3-7-16(19)11-14/h3-8,11H,9-10,12H2,1-2H3,(H,20,21). The van der Waals surface area contributed by atoms with Gasteiger partial charge in [0.2, 0.25) is 5.91 Å². The summed E-state index contributed by atoms with van der Waals surface area (Å²) < 4.78 is 11.4. The number of anilines is 1. The van der Waals surface area contributed by atoms with Gasteiger partial charge in [0.05, 0.1) is 0 Å². The van der Waals surface area contributed by atoms with Gasteiger partial charge in [0, 0.05) is 39.9 Å². The zero-order chi connectivity index (χ0) is 16.8. The highest BCUT2D eigenvalue weighted by Crippen LogP contribution is 2.20. The van der Waals surface area contributed by atoms with Gasteiger partial charge < -0.3 is 5.32 Å². The molecular weight excluding hydrogens is 330 g/mol. The maximum absolute atomic E-state index is 12.2. The molecule has 0 fully saturated rings. The summed E-state index contributed by atoms with van der Waals surface area (Å²) in [7, 11) is -0.904. The molecular formula is C18H20ClNO2S. The first kappa shape index (κ1) is 17.7. The predicted molar refractivity (Wildman–Crippen MR) is 97.4 cm³/mol. The molecule has 2 aromatic carbocycles. The van der Waals surface area contributed by atoms with E-state index in [2.05, 4.69) is 5.32 Å². The number of hydrogen-bond donors (Lipinski definition) is 1. The van der Waals surface area contributed by atoms with Crippen molar-refractivity contribution in [1.82, 2.24) is 0 Å². The van der Waals surface area contributed by atoms with E-state index in [9.17, 15) is 9.00 Å². The fraction of sp³-hybridized carbons (Fsp3) is 0.278. The van der Waals surface area contributed by atoms with Crippen LogP contribution in [0.1, 0.15) is 23.1 Å². The van der Waals surface area contributed by atoms with Gasteiger partial charge in [-0.2, -0.15) is 0 Å². The van der Waals surface area contributed by atoms with Crippen molar-refractivity contribution in [3.05, 3.63) is 64.2 Å². The summed E-state index contributed by atoms with van der Waals surface area (Å²) >= 11 is 5.94. The van der Waals surface area contributed by atoms with Crippen LogP contribution in [0.2, 0.25) is 5.02 Å². The maximum Gasteiger partial charge on any atom is 0.224 e. The van der Waals surface area contributed by atoms with Gasteiger partial charge >= 0.3 is 0 Å². The highest BCUT2D eigenvalue weighted by molar-refractivity contribution is 7.83. The van der Waals surface area contributed by atoms with Crippen molar-refractivity contribution in [1.29, 1.82) is 0 Å². The molecule has 23 heavy (non-hydrogen) atoms. The van der Waals surface area contributed by atoms with Gasteiger partial charge in [-0.1, -0.05) is 35.9 Å². The third kappa shape index (κ3) is 5.48. The van der Waals surface area contributed by atoms with Crippen molar-refractivity contribution in [2.24, 2.45) is 0 Å². The lowest BCUT2D eigenvalue weighted by molar-refractivity contribution is -0.116. The molecule has 0 aliphatic heterocycles. The molecule has 122 valence electrons. The Balaban J connectivity index is 1.99. The van der Waals surface area contributed by atoms with Crippen LogP contribution in [0.5, 0.6) is 0 Å². The third-order valence-electron chi connectivity index (χ3n) is 3.61. The highest BCUT2D eigenvalue weighted by atomic mass is 35.5. The quantitative estimate of drug-likeness (QED) is 0.853. The van der Waals surface area contributed by atoms with Crippen molar-refractivity contribution in [3.8, 4) is 0 Å². The largest absolute Gasteiger partial charge is 0.326 e. The van der Waals surface area contributed by atoms with Crippen molar-refractivity contribution >= 4 is 34.0 Å². The van der Waals surface area contributed by atoms with Crippen LogP contribution >= 0.6 is 11.6 Å². The first-order chi connectivity index (χ1) is 11.0. The molecule has 0 bridgehead atoms. The molecule has 0 saturated heterocycles. The summed E-state index contributed by atoms with van der Waals surface area (Å²) in [5.41, 5.74) is 3.79. The molecule has 0 spiro atoms. The molecule has 2 rings (SSSR count). The third-order valence-corrected chi connectivity index (χ3v) is 4.56. The second-order valence-corrected chi connectivity index (χ2v) is 7.36. The van der Waals surface area contributed by atoms with E-state index in [1.165, 1.54) is 0 Å². The second kappa shape index (κ2) is 8.27. The monoisotopic (exact) mass is 349 g/mol. The van der Waals surface area contributed by atoms with Gasteiger partial charge in [-0.25, -0.2) is 0 Å². The Bertz CT molecular complexity index is 731. The first-order valence-electron chi connectivity index (χ1n) is 7.38. The minimum atomic E-state index is -0.904. The van der Waals surface area contributed by atoms with Crippen LogP contribution < -0.4 is 5.32 Å². The number of amides is 1. The molecule has 1 amide bonds. The fourth-order valence-corrected chi connectivity index (χ4v) is 3.32. The van der Waals surface area contributed by atoms with E-state index in [0.717, 1.165) is 22.4 Å². The van der Waals surface area contributed by atoms with E-state index >= 15 is 0 Å². The van der Waals surface area contributed by atoms with Gasteiger partial charge in [-0.3, -0.25) is 9.00 Å². The Morgan fingerprint density at radius 1 is 1.22 bits per heavy atom. The van der Waals surface area contributed by atoms with E-state index in [4.69, 9.17) is 11.6 Å². The van der Waals surface area contributed by atoms with Crippen LogP contribution in [0.3, 0.4) is 0 Å². The topological polar surface area (TPSA) is 46.2 Å². The highest BCUT2D eigenvalue weighted by Gasteiger charge is 2.09. The Labute approximate surface area is 144 Å². The maximum atomic E-state index is 12.2. The lowest BCUT2D eigenvalue weighted by atomic mass is 10.1. The number of nitrogens with one attached hydrogen (secondary N) is 1. The Morgan fingerprint density at radius 3 is 2.65 bits per heavy atom. The molecule has 0 saturated carbocycles. The van der Waals surface area contributed by atoms with Crippen LogP contribution in [0, 0.1) is 6.92 Å². The van der Waals surface area contributed by atoms with Crippen LogP contribution in [0.4, 0.5) is 5.69 Å². The fourth-order valence-electron chi connectivity index (χ4n) is 2.36. The van der Waals surface area contributed by atoms with Crippen molar-refractivity contribution in [3.63, 3.8) is 0 Å². The van der Waals surface area contributed by atoms with E-state index in [-0.39, 0.29) is 5.91 Å². The summed E-state index contributed by atoms with van der Waals surface area (Å²) in [4.78, 5) is 12.2. The molecule has 0 aliphatic rings. The smallest absolute Gasteiger partial charge is 0.224 e. The number of carbonyl (C=O) groups is 1. The molecule has 0 heterocycles. The molecule has 1 atom stereocenters. The molecule has 1 unspecified atom stereocenters. The number of aryl methyl sites for hydroxylation is 1. The molecule has 3 nitrogen and oxygen atoms in total. The minimum Gasteiger partial charge on any atom is -0.326 e. The molecule has 0 aromatic heterocycles. The van der Waals surface area contributed by atoms with Crippen molar-refractivity contribution < 1.29 is 9.00 Å². The molecule has 2 aromatic rings. The first-order valence-corrected chi connectivity index (χ1v) is 9.49. The zero-order valence-electron chi connectivity index (χ0n) is 13.3. The number of rotatable bonds is 6. The summed E-state index contributed by atoms with van der Waals surface area (Å²) in [5, 5.41) is 3.62. The zero-order valence-corrected chi connectivity index (χ0v) is 14.8. The molecule has 1 N–H and O–H groups in total. The predicted octanol–water partition coefficient (Wildman–Crippen LogP) is 4.10.